The molecule has 5 heteroatoms. The van der Waals surface area contributed by atoms with Crippen LogP contribution in [0.1, 0.15) is 10.5 Å². The third-order valence-electron chi connectivity index (χ3n) is 2.04. The van der Waals surface area contributed by atoms with Crippen LogP contribution in [0.25, 0.3) is 10.8 Å². The number of rotatable bonds is 1. The van der Waals surface area contributed by atoms with E-state index in [0.29, 0.717) is 10.8 Å². The van der Waals surface area contributed by atoms with Crippen LogP contribution in [0.3, 0.4) is 0 Å². The molecule has 15 heavy (non-hydrogen) atoms. The van der Waals surface area contributed by atoms with E-state index in [4.69, 9.17) is 5.11 Å². The fourth-order valence-corrected chi connectivity index (χ4v) is 1.74. The van der Waals surface area contributed by atoms with Gasteiger partial charge in [0.15, 0.2) is 0 Å². The quantitative estimate of drug-likeness (QED) is 0.830. The van der Waals surface area contributed by atoms with Crippen LogP contribution in [-0.2, 0) is 0 Å². The van der Waals surface area contributed by atoms with Crippen molar-refractivity contribution in [3.8, 4) is 0 Å². The van der Waals surface area contributed by atoms with Gasteiger partial charge in [-0.15, -0.1) is 0 Å². The van der Waals surface area contributed by atoms with E-state index in [9.17, 15) is 9.59 Å². The van der Waals surface area contributed by atoms with Crippen molar-refractivity contribution in [1.82, 2.24) is 4.98 Å². The Morgan fingerprint density at radius 3 is 2.73 bits per heavy atom. The number of fused-ring (bicyclic) bond motifs is 1. The number of nitrogens with one attached hydrogen (secondary N) is 1. The standard InChI is InChI=1S/C10H6BrNO3/c11-6-1-2-7-5(3-6)4-8(10(14)15)12-9(7)13/h1-4H,(H,12,13)(H,14,15). The predicted octanol–water partition coefficient (Wildman–Crippen LogP) is 1.99. The van der Waals surface area contributed by atoms with E-state index in [1.54, 1.807) is 18.2 Å². The first-order chi connectivity index (χ1) is 7.08. The largest absolute Gasteiger partial charge is 0.477 e. The van der Waals surface area contributed by atoms with Gasteiger partial charge in [0.2, 0.25) is 0 Å². The lowest BCUT2D eigenvalue weighted by Crippen LogP contribution is -2.12. The molecule has 1 aromatic heterocycles. The summed E-state index contributed by atoms with van der Waals surface area (Å²) in [5.74, 6) is -1.14. The SMILES string of the molecule is O=C(O)c1cc2cc(Br)ccc2c(=O)[nH]1. The summed E-state index contributed by atoms with van der Waals surface area (Å²) < 4.78 is 0.803. The maximum absolute atomic E-state index is 11.5. The molecule has 0 amide bonds. The Labute approximate surface area is 92.7 Å². The van der Waals surface area contributed by atoms with Crippen LogP contribution < -0.4 is 5.56 Å². The third-order valence-corrected chi connectivity index (χ3v) is 2.53. The summed E-state index contributed by atoms with van der Waals surface area (Å²) in [6.07, 6.45) is 0. The average molecular weight is 268 g/mol. The number of benzene rings is 1. The van der Waals surface area contributed by atoms with Crippen LogP contribution >= 0.6 is 15.9 Å². The van der Waals surface area contributed by atoms with Gasteiger partial charge in [-0.1, -0.05) is 15.9 Å². The van der Waals surface area contributed by atoms with E-state index in [0.717, 1.165) is 4.47 Å². The van der Waals surface area contributed by atoms with Crippen LogP contribution in [0.15, 0.2) is 33.5 Å². The molecule has 0 unspecified atom stereocenters. The lowest BCUT2D eigenvalue weighted by molar-refractivity contribution is 0.0690. The number of aromatic amines is 1. The minimum Gasteiger partial charge on any atom is -0.477 e. The van der Waals surface area contributed by atoms with E-state index >= 15 is 0 Å². The van der Waals surface area contributed by atoms with Gasteiger partial charge in [0.05, 0.1) is 0 Å². The first-order valence-electron chi connectivity index (χ1n) is 4.14. The molecule has 2 rings (SSSR count). The summed E-state index contributed by atoms with van der Waals surface area (Å²) in [6.45, 7) is 0. The molecule has 2 aromatic rings. The van der Waals surface area contributed by atoms with Crippen molar-refractivity contribution in [3.63, 3.8) is 0 Å². The summed E-state index contributed by atoms with van der Waals surface area (Å²) in [5, 5.41) is 9.83. The maximum Gasteiger partial charge on any atom is 0.352 e. The zero-order chi connectivity index (χ0) is 11.0. The van der Waals surface area contributed by atoms with Crippen LogP contribution in [-0.4, -0.2) is 16.1 Å². The van der Waals surface area contributed by atoms with Crippen molar-refractivity contribution in [2.24, 2.45) is 0 Å². The van der Waals surface area contributed by atoms with E-state index < -0.39 is 11.5 Å². The van der Waals surface area contributed by atoms with E-state index in [1.807, 2.05) is 0 Å². The molecular weight excluding hydrogens is 262 g/mol. The smallest absolute Gasteiger partial charge is 0.352 e. The fourth-order valence-electron chi connectivity index (χ4n) is 1.36. The molecule has 0 aliphatic carbocycles. The topological polar surface area (TPSA) is 70.2 Å². The van der Waals surface area contributed by atoms with Gasteiger partial charge in [0, 0.05) is 9.86 Å². The molecule has 0 fully saturated rings. The molecular formula is C10H6BrNO3. The van der Waals surface area contributed by atoms with Gasteiger partial charge in [0.1, 0.15) is 5.69 Å². The lowest BCUT2D eigenvalue weighted by atomic mass is 10.1. The molecule has 0 aliphatic rings. The monoisotopic (exact) mass is 267 g/mol. The second kappa shape index (κ2) is 3.51. The highest BCUT2D eigenvalue weighted by Gasteiger charge is 2.07. The highest BCUT2D eigenvalue weighted by Crippen LogP contribution is 2.17. The predicted molar refractivity (Wildman–Crippen MR) is 59.2 cm³/mol. The van der Waals surface area contributed by atoms with Crippen molar-refractivity contribution < 1.29 is 9.90 Å². The summed E-state index contributed by atoms with van der Waals surface area (Å²) in [7, 11) is 0. The Morgan fingerprint density at radius 2 is 2.07 bits per heavy atom. The number of pyridine rings is 1. The van der Waals surface area contributed by atoms with Gasteiger partial charge in [0.25, 0.3) is 5.56 Å². The van der Waals surface area contributed by atoms with Crippen molar-refractivity contribution >= 4 is 32.7 Å². The molecule has 2 N–H and O–H groups in total. The number of halogens is 1. The molecule has 0 atom stereocenters. The first kappa shape index (κ1) is 9.92. The van der Waals surface area contributed by atoms with Gasteiger partial charge < -0.3 is 10.1 Å². The van der Waals surface area contributed by atoms with Crippen LogP contribution in [0.5, 0.6) is 0 Å². The fraction of sp³-hybridized carbons (Fsp3) is 0. The Balaban J connectivity index is 2.85. The highest BCUT2D eigenvalue weighted by atomic mass is 79.9. The van der Waals surface area contributed by atoms with Crippen LogP contribution in [0.2, 0.25) is 0 Å². The molecule has 1 heterocycles. The summed E-state index contributed by atoms with van der Waals surface area (Å²) in [6, 6.07) is 6.52. The normalized spacial score (nSPS) is 10.5. The Morgan fingerprint density at radius 1 is 1.33 bits per heavy atom. The molecule has 0 saturated heterocycles. The summed E-state index contributed by atoms with van der Waals surface area (Å²) in [5.41, 5.74) is -0.497. The summed E-state index contributed by atoms with van der Waals surface area (Å²) >= 11 is 3.26. The molecule has 4 nitrogen and oxygen atoms in total. The first-order valence-corrected chi connectivity index (χ1v) is 4.93. The molecule has 1 aromatic carbocycles. The van der Waals surface area contributed by atoms with Crippen molar-refractivity contribution in [2.75, 3.05) is 0 Å². The molecule has 0 aliphatic heterocycles. The average Bonchev–Trinajstić information content (AvgIpc) is 2.16. The molecule has 0 spiro atoms. The van der Waals surface area contributed by atoms with Crippen LogP contribution in [0.4, 0.5) is 0 Å². The van der Waals surface area contributed by atoms with Gasteiger partial charge in [-0.3, -0.25) is 4.79 Å². The number of hydrogen-bond donors (Lipinski definition) is 2. The Hall–Kier alpha value is -1.62. The molecule has 76 valence electrons. The molecule has 0 saturated carbocycles. The van der Waals surface area contributed by atoms with Crippen LogP contribution in [0, 0.1) is 0 Å². The Bertz CT molecular complexity index is 603. The zero-order valence-corrected chi connectivity index (χ0v) is 9.04. The minimum absolute atomic E-state index is 0.106. The minimum atomic E-state index is -1.14. The lowest BCUT2D eigenvalue weighted by Gasteiger charge is -1.99. The molecule has 0 bridgehead atoms. The second-order valence-corrected chi connectivity index (χ2v) is 3.96. The van der Waals surface area contributed by atoms with E-state index in [1.165, 1.54) is 6.07 Å². The Kier molecular flexibility index (Phi) is 2.32. The maximum atomic E-state index is 11.5. The van der Waals surface area contributed by atoms with Crippen molar-refractivity contribution in [1.29, 1.82) is 0 Å². The van der Waals surface area contributed by atoms with Gasteiger partial charge >= 0.3 is 5.97 Å². The second-order valence-electron chi connectivity index (χ2n) is 3.05. The number of carboxylic acids is 1. The number of carbonyl (C=O) groups is 1. The van der Waals surface area contributed by atoms with Gasteiger partial charge in [-0.25, -0.2) is 4.79 Å². The number of aromatic nitrogens is 1. The molecule has 0 radical (unpaired) electrons. The van der Waals surface area contributed by atoms with E-state index in [2.05, 4.69) is 20.9 Å². The number of aromatic carboxylic acids is 1. The van der Waals surface area contributed by atoms with Gasteiger partial charge in [-0.05, 0) is 29.7 Å². The third kappa shape index (κ3) is 1.78. The summed E-state index contributed by atoms with van der Waals surface area (Å²) in [4.78, 5) is 24.5. The number of H-pyrrole nitrogens is 1. The van der Waals surface area contributed by atoms with Crippen molar-refractivity contribution in [2.45, 2.75) is 0 Å². The number of carboxylic acid groups (broad SMARTS) is 1. The van der Waals surface area contributed by atoms with E-state index in [-0.39, 0.29) is 5.69 Å². The highest BCUT2D eigenvalue weighted by molar-refractivity contribution is 9.10. The van der Waals surface area contributed by atoms with Crippen molar-refractivity contribution in [3.05, 3.63) is 44.8 Å². The zero-order valence-electron chi connectivity index (χ0n) is 7.45. The van der Waals surface area contributed by atoms with Gasteiger partial charge in [-0.2, -0.15) is 0 Å². The number of hydrogen-bond acceptors (Lipinski definition) is 2.